The number of nitrogens with one attached hydrogen (secondary N) is 2. The van der Waals surface area contributed by atoms with Gasteiger partial charge in [0, 0.05) is 29.4 Å². The summed E-state index contributed by atoms with van der Waals surface area (Å²) in [4.78, 5) is 26.6. The lowest BCUT2D eigenvalue weighted by atomic mass is 10.1. The van der Waals surface area contributed by atoms with Gasteiger partial charge in [0.15, 0.2) is 5.16 Å². The van der Waals surface area contributed by atoms with E-state index in [2.05, 4.69) is 49.5 Å². The number of benzene rings is 1. The molecule has 1 aromatic carbocycles. The molecule has 7 nitrogen and oxygen atoms in total. The first kappa shape index (κ1) is 22.4. The molecule has 6 rings (SSSR count). The second-order valence-electron chi connectivity index (χ2n) is 9.21. The molecule has 0 radical (unpaired) electrons. The second-order valence-corrected chi connectivity index (χ2v) is 10.4. The number of carbonyl (C=O) groups excluding carboxylic acids is 1. The van der Waals surface area contributed by atoms with Crippen LogP contribution >= 0.6 is 23.4 Å². The first-order valence-corrected chi connectivity index (χ1v) is 13.4. The first-order valence-electron chi connectivity index (χ1n) is 11.8. The van der Waals surface area contributed by atoms with Crippen molar-refractivity contribution in [1.29, 1.82) is 0 Å². The Bertz CT molecular complexity index is 1420. The average molecular weight is 505 g/mol. The number of thioether (sulfide) groups is 1. The Kier molecular flexibility index (Phi) is 5.86. The molecule has 0 spiro atoms. The Morgan fingerprint density at radius 1 is 1.09 bits per heavy atom. The summed E-state index contributed by atoms with van der Waals surface area (Å²) >= 11 is 7.55. The highest BCUT2D eigenvalue weighted by molar-refractivity contribution is 7.98. The number of hydrogen-bond acceptors (Lipinski definition) is 6. The fraction of sp³-hybridized carbons (Fsp3) is 0.308. The van der Waals surface area contributed by atoms with Gasteiger partial charge in [0.2, 0.25) is 5.91 Å². The van der Waals surface area contributed by atoms with Crippen molar-refractivity contribution in [3.05, 3.63) is 76.7 Å². The van der Waals surface area contributed by atoms with Crippen LogP contribution in [0.1, 0.15) is 47.9 Å². The van der Waals surface area contributed by atoms with E-state index >= 15 is 0 Å². The molecule has 178 valence electrons. The number of fused-ring (bicyclic) bond motifs is 1. The van der Waals surface area contributed by atoms with Crippen molar-refractivity contribution in [2.75, 3.05) is 16.9 Å². The lowest BCUT2D eigenvalue weighted by Crippen LogP contribution is -2.16. The maximum atomic E-state index is 12.9. The van der Waals surface area contributed by atoms with E-state index in [-0.39, 0.29) is 17.7 Å². The molecular weight excluding hydrogens is 480 g/mol. The van der Waals surface area contributed by atoms with Crippen LogP contribution in [0.4, 0.5) is 11.6 Å². The van der Waals surface area contributed by atoms with Gasteiger partial charge in [-0.25, -0.2) is 15.0 Å². The quantitative estimate of drug-likeness (QED) is 0.235. The number of nitrogens with zero attached hydrogens (tertiary/aromatic N) is 4. The first-order chi connectivity index (χ1) is 17.1. The Hall–Kier alpha value is -3.10. The van der Waals surface area contributed by atoms with Crippen LogP contribution in [0, 0.1) is 5.92 Å². The van der Waals surface area contributed by atoms with Crippen LogP contribution < -0.4 is 10.6 Å². The highest BCUT2D eigenvalue weighted by Crippen LogP contribution is 2.48. The monoisotopic (exact) mass is 504 g/mol. The Labute approximate surface area is 212 Å². The Morgan fingerprint density at radius 3 is 2.74 bits per heavy atom. The van der Waals surface area contributed by atoms with Crippen LogP contribution in [0.2, 0.25) is 5.02 Å². The third-order valence-corrected chi connectivity index (χ3v) is 7.35. The summed E-state index contributed by atoms with van der Waals surface area (Å²) in [5, 5.41) is 7.61. The van der Waals surface area contributed by atoms with Crippen LogP contribution in [0.3, 0.4) is 0 Å². The smallest absolute Gasteiger partial charge is 0.229 e. The Morgan fingerprint density at radius 2 is 1.94 bits per heavy atom. The predicted molar refractivity (Wildman–Crippen MR) is 139 cm³/mol. The molecule has 2 aliphatic rings. The number of halogens is 1. The zero-order valence-corrected chi connectivity index (χ0v) is 20.8. The fourth-order valence-electron chi connectivity index (χ4n) is 4.47. The van der Waals surface area contributed by atoms with Crippen molar-refractivity contribution in [3.63, 3.8) is 0 Å². The standard InChI is InChI=1S/C26H25ClN6OS/c1-35-26-31-22(28-12-19-14-33-13-17(15-5-6-15)7-8-24(33)29-19)11-23(32-26)30-25(34)21-10-20(21)16-3-2-4-18(27)9-16/h2-4,7-9,11,13-15,20-21H,5-6,10,12H2,1H3,(H2,28,30,31,32,34)/t20-,21+/m1/s1. The van der Waals surface area contributed by atoms with Gasteiger partial charge in [0.05, 0.1) is 12.2 Å². The maximum Gasteiger partial charge on any atom is 0.229 e. The molecule has 0 unspecified atom stereocenters. The third-order valence-electron chi connectivity index (χ3n) is 6.57. The maximum absolute atomic E-state index is 12.9. The van der Waals surface area contributed by atoms with Crippen molar-refractivity contribution in [2.24, 2.45) is 5.92 Å². The van der Waals surface area contributed by atoms with Crippen LogP contribution in [0.15, 0.2) is 60.0 Å². The van der Waals surface area contributed by atoms with Crippen molar-refractivity contribution < 1.29 is 4.79 Å². The van der Waals surface area contributed by atoms with Gasteiger partial charge >= 0.3 is 0 Å². The molecule has 3 aromatic heterocycles. The molecule has 0 bridgehead atoms. The molecule has 9 heteroatoms. The number of amides is 1. The normalized spacial score (nSPS) is 19.0. The molecule has 2 atom stereocenters. The molecule has 0 aliphatic heterocycles. The molecule has 4 aromatic rings. The second kappa shape index (κ2) is 9.17. The highest BCUT2D eigenvalue weighted by Gasteiger charge is 2.44. The summed E-state index contributed by atoms with van der Waals surface area (Å²) in [5.74, 6) is 1.95. The number of anilines is 2. The van der Waals surface area contributed by atoms with Crippen LogP contribution in [-0.2, 0) is 11.3 Å². The van der Waals surface area contributed by atoms with Gasteiger partial charge < -0.3 is 15.0 Å². The summed E-state index contributed by atoms with van der Waals surface area (Å²) in [6.45, 7) is 0.526. The lowest BCUT2D eigenvalue weighted by molar-refractivity contribution is -0.117. The van der Waals surface area contributed by atoms with E-state index in [9.17, 15) is 4.79 Å². The predicted octanol–water partition coefficient (Wildman–Crippen LogP) is 5.73. The summed E-state index contributed by atoms with van der Waals surface area (Å²) in [6.07, 6.45) is 9.52. The number of rotatable bonds is 8. The van der Waals surface area contributed by atoms with Crippen LogP contribution in [0.25, 0.3) is 5.65 Å². The SMILES string of the molecule is CSc1nc(NCc2cn3cc(C4CC4)ccc3n2)cc(NC(=O)[C@H]2C[C@@H]2c2cccc(Cl)c2)n1. The van der Waals surface area contributed by atoms with Crippen molar-refractivity contribution >= 4 is 46.6 Å². The molecule has 2 aliphatic carbocycles. The van der Waals surface area contributed by atoms with E-state index in [1.54, 1.807) is 6.07 Å². The highest BCUT2D eigenvalue weighted by atomic mass is 35.5. The van der Waals surface area contributed by atoms with Gasteiger partial charge in [-0.1, -0.05) is 41.6 Å². The number of carbonyl (C=O) groups is 1. The van der Waals surface area contributed by atoms with E-state index in [1.807, 2.05) is 30.5 Å². The third kappa shape index (κ3) is 4.99. The van der Waals surface area contributed by atoms with Gasteiger partial charge in [-0.15, -0.1) is 0 Å². The van der Waals surface area contributed by atoms with Crippen molar-refractivity contribution in [3.8, 4) is 0 Å². The van der Waals surface area contributed by atoms with E-state index in [1.165, 1.54) is 30.2 Å². The minimum absolute atomic E-state index is 0.0292. The zero-order chi connectivity index (χ0) is 23.9. The molecule has 35 heavy (non-hydrogen) atoms. The molecule has 2 N–H and O–H groups in total. The molecule has 2 fully saturated rings. The van der Waals surface area contributed by atoms with Crippen molar-refractivity contribution in [2.45, 2.75) is 42.8 Å². The Balaban J connectivity index is 1.12. The molecule has 0 saturated heterocycles. The fourth-order valence-corrected chi connectivity index (χ4v) is 5.04. The number of hydrogen-bond donors (Lipinski definition) is 2. The zero-order valence-electron chi connectivity index (χ0n) is 19.2. The van der Waals surface area contributed by atoms with E-state index in [0.717, 1.165) is 23.3 Å². The lowest BCUT2D eigenvalue weighted by Gasteiger charge is -2.09. The topological polar surface area (TPSA) is 84.2 Å². The number of imidazole rings is 1. The molecule has 1 amide bonds. The molecular formula is C26H25ClN6OS. The molecule has 2 saturated carbocycles. The summed E-state index contributed by atoms with van der Waals surface area (Å²) < 4.78 is 2.09. The summed E-state index contributed by atoms with van der Waals surface area (Å²) in [6, 6.07) is 13.8. The number of aromatic nitrogens is 4. The van der Waals surface area contributed by atoms with E-state index < -0.39 is 0 Å². The molecule has 3 heterocycles. The van der Waals surface area contributed by atoms with Crippen LogP contribution in [0.5, 0.6) is 0 Å². The minimum Gasteiger partial charge on any atom is -0.364 e. The van der Waals surface area contributed by atoms with Crippen LogP contribution in [-0.4, -0.2) is 31.5 Å². The average Bonchev–Trinajstić information content (AvgIpc) is 3.78. The van der Waals surface area contributed by atoms with Gasteiger partial charge in [-0.05, 0) is 66.7 Å². The largest absolute Gasteiger partial charge is 0.364 e. The van der Waals surface area contributed by atoms with E-state index in [0.29, 0.717) is 34.3 Å². The van der Waals surface area contributed by atoms with Gasteiger partial charge in [0.1, 0.15) is 17.3 Å². The van der Waals surface area contributed by atoms with Crippen molar-refractivity contribution in [1.82, 2.24) is 19.4 Å². The van der Waals surface area contributed by atoms with Gasteiger partial charge in [-0.2, -0.15) is 0 Å². The number of pyridine rings is 1. The van der Waals surface area contributed by atoms with Gasteiger partial charge in [-0.3, -0.25) is 4.79 Å². The summed E-state index contributed by atoms with van der Waals surface area (Å²) in [7, 11) is 0. The van der Waals surface area contributed by atoms with E-state index in [4.69, 9.17) is 16.6 Å². The summed E-state index contributed by atoms with van der Waals surface area (Å²) in [5.41, 5.74) is 4.34. The van der Waals surface area contributed by atoms with Gasteiger partial charge in [0.25, 0.3) is 0 Å². The minimum atomic E-state index is -0.0731.